The molecule has 2 aromatic carbocycles. The van der Waals surface area contributed by atoms with E-state index in [2.05, 4.69) is 10.2 Å². The molecule has 3 nitrogen and oxygen atoms in total. The predicted octanol–water partition coefficient (Wildman–Crippen LogP) is 4.56. The van der Waals surface area contributed by atoms with Gasteiger partial charge in [0.1, 0.15) is 11.5 Å². The summed E-state index contributed by atoms with van der Waals surface area (Å²) in [7, 11) is 0. The van der Waals surface area contributed by atoms with Crippen molar-refractivity contribution in [3.8, 4) is 22.6 Å². The molecule has 100 valence electrons. The van der Waals surface area contributed by atoms with E-state index in [4.69, 9.17) is 4.42 Å². The summed E-state index contributed by atoms with van der Waals surface area (Å²) in [5, 5.41) is 9.96. The average Bonchev–Trinajstić information content (AvgIpc) is 2.96. The zero-order valence-electron chi connectivity index (χ0n) is 11.2. The van der Waals surface area contributed by atoms with Crippen molar-refractivity contribution in [1.82, 2.24) is 10.2 Å². The monoisotopic (exact) mass is 272 g/mol. The molecule has 0 saturated heterocycles. The van der Waals surface area contributed by atoms with Crippen molar-refractivity contribution in [2.75, 3.05) is 0 Å². The third kappa shape index (κ3) is 1.99. The highest BCUT2D eigenvalue weighted by Crippen LogP contribution is 2.38. The minimum Gasteiger partial charge on any atom is -0.455 e. The third-order valence-corrected chi connectivity index (χ3v) is 3.50. The maximum atomic E-state index is 6.16. The molecular formula is C18H12N2O. The van der Waals surface area contributed by atoms with E-state index < -0.39 is 0 Å². The molecule has 2 heterocycles. The van der Waals surface area contributed by atoms with Crippen LogP contribution in [0.4, 0.5) is 0 Å². The van der Waals surface area contributed by atoms with Crippen molar-refractivity contribution in [2.45, 2.75) is 0 Å². The van der Waals surface area contributed by atoms with Gasteiger partial charge in [-0.2, -0.15) is 10.2 Å². The quantitative estimate of drug-likeness (QED) is 0.537. The van der Waals surface area contributed by atoms with E-state index in [1.807, 2.05) is 60.7 Å². The van der Waals surface area contributed by atoms with Gasteiger partial charge in [0, 0.05) is 11.1 Å². The molecule has 0 amide bonds. The van der Waals surface area contributed by atoms with E-state index in [1.165, 1.54) is 0 Å². The largest absolute Gasteiger partial charge is 0.455 e. The Morgan fingerprint density at radius 1 is 0.571 bits per heavy atom. The summed E-state index contributed by atoms with van der Waals surface area (Å²) in [6.07, 6.45) is 3.52. The van der Waals surface area contributed by atoms with Gasteiger partial charge in [0.05, 0.1) is 23.2 Å². The van der Waals surface area contributed by atoms with Crippen molar-refractivity contribution < 1.29 is 4.42 Å². The van der Waals surface area contributed by atoms with Crippen LogP contribution < -0.4 is 0 Å². The van der Waals surface area contributed by atoms with E-state index in [0.717, 1.165) is 33.4 Å². The summed E-state index contributed by atoms with van der Waals surface area (Å²) in [5.74, 6) is 1.67. The highest BCUT2D eigenvalue weighted by atomic mass is 16.3. The van der Waals surface area contributed by atoms with Gasteiger partial charge < -0.3 is 4.42 Å². The summed E-state index contributed by atoms with van der Waals surface area (Å²) < 4.78 is 6.16. The first-order chi connectivity index (χ1) is 10.4. The first-order valence-electron chi connectivity index (χ1n) is 6.77. The number of nitrogens with zero attached hydrogens (tertiary/aromatic N) is 2. The second kappa shape index (κ2) is 4.87. The first kappa shape index (κ1) is 11.9. The lowest BCUT2D eigenvalue weighted by Crippen LogP contribution is -1.79. The molecule has 4 aromatic rings. The van der Waals surface area contributed by atoms with E-state index in [-0.39, 0.29) is 0 Å². The molecular weight excluding hydrogens is 260 g/mol. The van der Waals surface area contributed by atoms with Crippen LogP contribution in [0.5, 0.6) is 0 Å². The molecule has 0 aliphatic rings. The van der Waals surface area contributed by atoms with Crippen LogP contribution in [-0.2, 0) is 0 Å². The summed E-state index contributed by atoms with van der Waals surface area (Å²) in [4.78, 5) is 0. The van der Waals surface area contributed by atoms with Crippen molar-refractivity contribution in [1.29, 1.82) is 0 Å². The lowest BCUT2D eigenvalue weighted by atomic mass is 10.1. The number of furan rings is 1. The molecule has 0 radical (unpaired) electrons. The first-order valence-corrected chi connectivity index (χ1v) is 6.77. The Hall–Kier alpha value is -2.94. The zero-order chi connectivity index (χ0) is 14.1. The highest BCUT2D eigenvalue weighted by molar-refractivity contribution is 6.01. The SMILES string of the molecule is c1ccc(-c2oc(-c3ccccc3)c3cnncc23)cc1. The lowest BCUT2D eigenvalue weighted by molar-refractivity contribution is 0.602. The van der Waals surface area contributed by atoms with E-state index in [0.29, 0.717) is 0 Å². The molecule has 0 bridgehead atoms. The standard InChI is InChI=1S/C18H12N2O/c1-3-7-13(8-4-1)17-15-11-19-20-12-16(15)18(21-17)14-9-5-2-6-10-14/h1-12H. The van der Waals surface area contributed by atoms with Gasteiger partial charge in [-0.25, -0.2) is 0 Å². The van der Waals surface area contributed by atoms with Crippen molar-refractivity contribution >= 4 is 10.8 Å². The number of hydrogen-bond acceptors (Lipinski definition) is 3. The Kier molecular flexibility index (Phi) is 2.75. The third-order valence-electron chi connectivity index (χ3n) is 3.50. The van der Waals surface area contributed by atoms with Crippen molar-refractivity contribution in [3.05, 3.63) is 73.1 Å². The molecule has 0 atom stereocenters. The summed E-state index contributed by atoms with van der Waals surface area (Å²) in [6, 6.07) is 20.1. The van der Waals surface area contributed by atoms with Gasteiger partial charge in [0.2, 0.25) is 0 Å². The number of fused-ring (bicyclic) bond motifs is 1. The molecule has 0 saturated carbocycles. The van der Waals surface area contributed by atoms with Crippen LogP contribution in [0.1, 0.15) is 0 Å². The van der Waals surface area contributed by atoms with Gasteiger partial charge >= 0.3 is 0 Å². The molecule has 2 aromatic heterocycles. The lowest BCUT2D eigenvalue weighted by Gasteiger charge is -1.98. The summed E-state index contributed by atoms with van der Waals surface area (Å²) >= 11 is 0. The fraction of sp³-hybridized carbons (Fsp3) is 0. The van der Waals surface area contributed by atoms with Crippen LogP contribution in [0.2, 0.25) is 0 Å². The topological polar surface area (TPSA) is 38.9 Å². The molecule has 0 N–H and O–H groups in total. The van der Waals surface area contributed by atoms with Gasteiger partial charge in [0.15, 0.2) is 0 Å². The van der Waals surface area contributed by atoms with Gasteiger partial charge in [-0.05, 0) is 0 Å². The Labute approximate surface area is 121 Å². The molecule has 0 spiro atoms. The molecule has 0 aliphatic heterocycles. The van der Waals surface area contributed by atoms with Crippen LogP contribution in [-0.4, -0.2) is 10.2 Å². The Bertz CT molecular complexity index is 809. The predicted molar refractivity (Wildman–Crippen MR) is 82.7 cm³/mol. The summed E-state index contributed by atoms with van der Waals surface area (Å²) in [6.45, 7) is 0. The Morgan fingerprint density at radius 3 is 1.43 bits per heavy atom. The number of rotatable bonds is 2. The number of benzene rings is 2. The maximum absolute atomic E-state index is 6.16. The van der Waals surface area contributed by atoms with Crippen LogP contribution in [0.25, 0.3) is 33.4 Å². The van der Waals surface area contributed by atoms with Crippen LogP contribution in [0.3, 0.4) is 0 Å². The second-order valence-electron chi connectivity index (χ2n) is 4.81. The number of aromatic nitrogens is 2. The smallest absolute Gasteiger partial charge is 0.144 e. The Morgan fingerprint density at radius 2 is 1.00 bits per heavy atom. The minimum absolute atomic E-state index is 0.833. The fourth-order valence-electron chi connectivity index (χ4n) is 2.50. The fourth-order valence-corrected chi connectivity index (χ4v) is 2.50. The Balaban J connectivity index is 2.02. The van der Waals surface area contributed by atoms with Gasteiger partial charge in [-0.3, -0.25) is 0 Å². The minimum atomic E-state index is 0.833. The molecule has 0 aliphatic carbocycles. The molecule has 3 heteroatoms. The molecule has 4 rings (SSSR count). The van der Waals surface area contributed by atoms with E-state index >= 15 is 0 Å². The normalized spacial score (nSPS) is 10.9. The zero-order valence-corrected chi connectivity index (χ0v) is 11.2. The maximum Gasteiger partial charge on any atom is 0.144 e. The summed E-state index contributed by atoms with van der Waals surface area (Å²) in [5.41, 5.74) is 2.08. The van der Waals surface area contributed by atoms with E-state index in [1.54, 1.807) is 12.4 Å². The average molecular weight is 272 g/mol. The second-order valence-corrected chi connectivity index (χ2v) is 4.81. The molecule has 0 unspecified atom stereocenters. The van der Waals surface area contributed by atoms with Crippen LogP contribution in [0, 0.1) is 0 Å². The highest BCUT2D eigenvalue weighted by Gasteiger charge is 2.16. The van der Waals surface area contributed by atoms with Gasteiger partial charge in [-0.1, -0.05) is 60.7 Å². The molecule has 0 fully saturated rings. The van der Waals surface area contributed by atoms with Crippen LogP contribution in [0.15, 0.2) is 77.5 Å². The molecule has 21 heavy (non-hydrogen) atoms. The van der Waals surface area contributed by atoms with Gasteiger partial charge in [0.25, 0.3) is 0 Å². The number of hydrogen-bond donors (Lipinski definition) is 0. The van der Waals surface area contributed by atoms with Crippen LogP contribution >= 0.6 is 0 Å². The van der Waals surface area contributed by atoms with Crippen molar-refractivity contribution in [3.63, 3.8) is 0 Å². The van der Waals surface area contributed by atoms with E-state index in [9.17, 15) is 0 Å². The van der Waals surface area contributed by atoms with Crippen molar-refractivity contribution in [2.24, 2.45) is 0 Å². The van der Waals surface area contributed by atoms with Gasteiger partial charge in [-0.15, -0.1) is 0 Å².